The van der Waals surface area contributed by atoms with Crippen LogP contribution >= 0.6 is 22.9 Å². The van der Waals surface area contributed by atoms with Crippen molar-refractivity contribution in [3.05, 3.63) is 39.9 Å². The Morgan fingerprint density at radius 1 is 1.44 bits per heavy atom. The van der Waals surface area contributed by atoms with Crippen LogP contribution in [-0.2, 0) is 6.42 Å². The molecule has 0 unspecified atom stereocenters. The summed E-state index contributed by atoms with van der Waals surface area (Å²) in [6, 6.07) is 7.66. The highest BCUT2D eigenvalue weighted by Gasteiger charge is 2.08. The number of aliphatic hydroxyl groups excluding tert-OH is 1. The fourth-order valence-corrected chi connectivity index (χ4v) is 2.66. The molecular weight excluding hydrogens is 242 g/mol. The molecule has 2 rings (SSSR count). The van der Waals surface area contributed by atoms with E-state index in [1.807, 2.05) is 31.2 Å². The average Bonchev–Trinajstić information content (AvgIpc) is 2.61. The monoisotopic (exact) mass is 253 g/mol. The molecule has 4 heteroatoms. The Bertz CT molecular complexity index is 496. The number of nitrogens with zero attached hydrogens (tertiary/aromatic N) is 1. The normalized spacial score (nSPS) is 10.7. The fourth-order valence-electron chi connectivity index (χ4n) is 1.51. The van der Waals surface area contributed by atoms with Gasteiger partial charge in [0.15, 0.2) is 0 Å². The molecule has 0 bridgehead atoms. The van der Waals surface area contributed by atoms with Gasteiger partial charge in [0.05, 0.1) is 5.69 Å². The van der Waals surface area contributed by atoms with Gasteiger partial charge in [-0.25, -0.2) is 4.98 Å². The summed E-state index contributed by atoms with van der Waals surface area (Å²) in [5, 5.41) is 10.6. The molecule has 0 amide bonds. The molecule has 0 fully saturated rings. The van der Waals surface area contributed by atoms with Crippen molar-refractivity contribution in [3.8, 4) is 10.6 Å². The maximum absolute atomic E-state index is 8.91. The van der Waals surface area contributed by atoms with Gasteiger partial charge in [-0.3, -0.25) is 0 Å². The van der Waals surface area contributed by atoms with Gasteiger partial charge in [-0.1, -0.05) is 23.7 Å². The van der Waals surface area contributed by atoms with Gasteiger partial charge in [-0.2, -0.15) is 0 Å². The molecular formula is C12H12ClNOS. The smallest absolute Gasteiger partial charge is 0.123 e. The number of halogens is 1. The highest BCUT2D eigenvalue weighted by molar-refractivity contribution is 7.15. The summed E-state index contributed by atoms with van der Waals surface area (Å²) < 4.78 is 0. The molecule has 0 radical (unpaired) electrons. The molecule has 16 heavy (non-hydrogen) atoms. The van der Waals surface area contributed by atoms with Crippen molar-refractivity contribution in [2.24, 2.45) is 0 Å². The van der Waals surface area contributed by atoms with Gasteiger partial charge >= 0.3 is 0 Å². The first-order chi connectivity index (χ1) is 7.70. The van der Waals surface area contributed by atoms with Crippen molar-refractivity contribution in [2.75, 3.05) is 6.61 Å². The lowest BCUT2D eigenvalue weighted by Crippen LogP contribution is -1.92. The summed E-state index contributed by atoms with van der Waals surface area (Å²) in [5.74, 6) is 0. The molecule has 0 atom stereocenters. The van der Waals surface area contributed by atoms with Crippen LogP contribution in [0.25, 0.3) is 10.6 Å². The van der Waals surface area contributed by atoms with E-state index in [0.29, 0.717) is 11.4 Å². The van der Waals surface area contributed by atoms with Gasteiger partial charge in [0.2, 0.25) is 0 Å². The molecule has 0 saturated heterocycles. The molecule has 0 spiro atoms. The van der Waals surface area contributed by atoms with E-state index >= 15 is 0 Å². The van der Waals surface area contributed by atoms with E-state index in [9.17, 15) is 0 Å². The van der Waals surface area contributed by atoms with E-state index in [1.54, 1.807) is 11.3 Å². The Hall–Kier alpha value is -0.900. The van der Waals surface area contributed by atoms with Crippen molar-refractivity contribution >= 4 is 22.9 Å². The molecule has 1 aromatic heterocycles. The maximum atomic E-state index is 8.91. The van der Waals surface area contributed by atoms with Gasteiger partial charge in [-0.15, -0.1) is 11.3 Å². The highest BCUT2D eigenvalue weighted by atomic mass is 35.5. The van der Waals surface area contributed by atoms with Crippen molar-refractivity contribution in [3.63, 3.8) is 0 Å². The third kappa shape index (κ3) is 2.43. The molecule has 0 aliphatic rings. The van der Waals surface area contributed by atoms with Gasteiger partial charge < -0.3 is 5.11 Å². The van der Waals surface area contributed by atoms with Crippen LogP contribution in [-0.4, -0.2) is 16.7 Å². The van der Waals surface area contributed by atoms with Crippen molar-refractivity contribution in [2.45, 2.75) is 13.3 Å². The Morgan fingerprint density at radius 2 is 2.25 bits per heavy atom. The van der Waals surface area contributed by atoms with Crippen LogP contribution in [0.1, 0.15) is 10.6 Å². The average molecular weight is 254 g/mol. The van der Waals surface area contributed by atoms with E-state index in [0.717, 1.165) is 21.1 Å². The summed E-state index contributed by atoms with van der Waals surface area (Å²) in [5.41, 5.74) is 2.01. The van der Waals surface area contributed by atoms with Gasteiger partial charge in [0, 0.05) is 28.5 Å². The Kier molecular flexibility index (Phi) is 3.59. The first kappa shape index (κ1) is 11.6. The lowest BCUT2D eigenvalue weighted by Gasteiger charge is -1.96. The lowest BCUT2D eigenvalue weighted by molar-refractivity contribution is 0.298. The van der Waals surface area contributed by atoms with E-state index in [2.05, 4.69) is 4.98 Å². The zero-order valence-electron chi connectivity index (χ0n) is 8.90. The third-order valence-corrected chi connectivity index (χ3v) is 3.61. The predicted octanol–water partition coefficient (Wildman–Crippen LogP) is 3.31. The number of benzene rings is 1. The quantitative estimate of drug-likeness (QED) is 0.911. The molecule has 0 saturated carbocycles. The third-order valence-electron chi connectivity index (χ3n) is 2.31. The number of rotatable bonds is 3. The molecule has 2 nitrogen and oxygen atoms in total. The molecule has 0 aliphatic heterocycles. The summed E-state index contributed by atoms with van der Waals surface area (Å²) in [4.78, 5) is 5.67. The lowest BCUT2D eigenvalue weighted by atomic mass is 10.2. The predicted molar refractivity (Wildman–Crippen MR) is 68.1 cm³/mol. The zero-order valence-corrected chi connectivity index (χ0v) is 10.5. The molecule has 1 N–H and O–H groups in total. The molecule has 2 aromatic rings. The minimum Gasteiger partial charge on any atom is -0.396 e. The second-order valence-electron chi connectivity index (χ2n) is 3.51. The molecule has 0 aliphatic carbocycles. The van der Waals surface area contributed by atoms with E-state index in [1.165, 1.54) is 0 Å². The van der Waals surface area contributed by atoms with E-state index < -0.39 is 0 Å². The molecule has 84 valence electrons. The van der Waals surface area contributed by atoms with Crippen LogP contribution < -0.4 is 0 Å². The van der Waals surface area contributed by atoms with Gasteiger partial charge in [-0.05, 0) is 19.1 Å². The Labute approximate surface area is 104 Å². The van der Waals surface area contributed by atoms with Crippen LogP contribution in [0.2, 0.25) is 5.02 Å². The minimum atomic E-state index is 0.138. The van der Waals surface area contributed by atoms with Crippen molar-refractivity contribution < 1.29 is 5.11 Å². The molecule has 1 aromatic carbocycles. The summed E-state index contributed by atoms with van der Waals surface area (Å²) in [6.45, 7) is 2.16. The second-order valence-corrected chi connectivity index (χ2v) is 5.15. The standard InChI is InChI=1S/C12H12ClNOS/c1-8-11(5-6-15)14-12(16-8)9-3-2-4-10(13)7-9/h2-4,7,15H,5-6H2,1H3. The topological polar surface area (TPSA) is 33.1 Å². The number of hydrogen-bond acceptors (Lipinski definition) is 3. The van der Waals surface area contributed by atoms with Crippen molar-refractivity contribution in [1.29, 1.82) is 0 Å². The van der Waals surface area contributed by atoms with Crippen molar-refractivity contribution in [1.82, 2.24) is 4.98 Å². The molecule has 1 heterocycles. The second kappa shape index (κ2) is 4.95. The number of aromatic nitrogens is 1. The Balaban J connectivity index is 2.37. The van der Waals surface area contributed by atoms with Gasteiger partial charge in [0.25, 0.3) is 0 Å². The summed E-state index contributed by atoms with van der Waals surface area (Å²) in [7, 11) is 0. The number of thiazole rings is 1. The van der Waals surface area contributed by atoms with Crippen LogP contribution in [0, 0.1) is 6.92 Å². The summed E-state index contributed by atoms with van der Waals surface area (Å²) >= 11 is 7.57. The minimum absolute atomic E-state index is 0.138. The number of hydrogen-bond donors (Lipinski definition) is 1. The Morgan fingerprint density at radius 3 is 2.94 bits per heavy atom. The number of aryl methyl sites for hydroxylation is 1. The van der Waals surface area contributed by atoms with Crippen LogP contribution in [0.3, 0.4) is 0 Å². The van der Waals surface area contributed by atoms with Crippen LogP contribution in [0.5, 0.6) is 0 Å². The summed E-state index contributed by atoms with van der Waals surface area (Å²) in [6.07, 6.45) is 0.614. The maximum Gasteiger partial charge on any atom is 0.123 e. The zero-order chi connectivity index (χ0) is 11.5. The van der Waals surface area contributed by atoms with Gasteiger partial charge in [0.1, 0.15) is 5.01 Å². The highest BCUT2D eigenvalue weighted by Crippen LogP contribution is 2.29. The van der Waals surface area contributed by atoms with Crippen LogP contribution in [0.15, 0.2) is 24.3 Å². The fraction of sp³-hybridized carbons (Fsp3) is 0.250. The van der Waals surface area contributed by atoms with Crippen LogP contribution in [0.4, 0.5) is 0 Å². The first-order valence-electron chi connectivity index (χ1n) is 5.04. The largest absolute Gasteiger partial charge is 0.396 e. The van der Waals surface area contributed by atoms with E-state index in [4.69, 9.17) is 16.7 Å². The first-order valence-corrected chi connectivity index (χ1v) is 6.23. The SMILES string of the molecule is Cc1sc(-c2cccc(Cl)c2)nc1CCO. The number of aliphatic hydroxyl groups is 1. The van der Waals surface area contributed by atoms with E-state index in [-0.39, 0.29) is 6.61 Å².